The SMILES string of the molecule is C/C=C/C1CCC(C2CCC(C3CCC(c4ccc(OCC)c(F)c4F)CC3)OC2)CC1. The molecule has 4 rings (SSSR count). The molecule has 3 aliphatic rings. The van der Waals surface area contributed by atoms with Gasteiger partial charge in [-0.15, -0.1) is 0 Å². The molecule has 0 N–H and O–H groups in total. The average Bonchev–Trinajstić information content (AvgIpc) is 2.83. The van der Waals surface area contributed by atoms with Gasteiger partial charge in [0, 0.05) is 0 Å². The van der Waals surface area contributed by atoms with Crippen LogP contribution in [0.1, 0.15) is 89.5 Å². The summed E-state index contributed by atoms with van der Waals surface area (Å²) in [5.74, 6) is 1.47. The van der Waals surface area contributed by atoms with Crippen LogP contribution >= 0.6 is 0 Å². The quantitative estimate of drug-likeness (QED) is 0.415. The van der Waals surface area contributed by atoms with E-state index in [2.05, 4.69) is 19.1 Å². The Morgan fingerprint density at radius 1 is 0.875 bits per heavy atom. The van der Waals surface area contributed by atoms with Crippen LogP contribution in [-0.2, 0) is 4.74 Å². The fraction of sp³-hybridized carbons (Fsp3) is 0.714. The van der Waals surface area contributed by atoms with Crippen molar-refractivity contribution in [2.45, 2.75) is 90.1 Å². The summed E-state index contributed by atoms with van der Waals surface area (Å²) in [6.45, 7) is 5.15. The molecule has 0 spiro atoms. The van der Waals surface area contributed by atoms with Crippen LogP contribution < -0.4 is 4.74 Å². The fourth-order valence-corrected chi connectivity index (χ4v) is 6.55. The van der Waals surface area contributed by atoms with Gasteiger partial charge in [0.2, 0.25) is 5.82 Å². The average molecular weight is 447 g/mol. The van der Waals surface area contributed by atoms with Crippen LogP contribution in [0.5, 0.6) is 5.75 Å². The van der Waals surface area contributed by atoms with Crippen LogP contribution in [0.25, 0.3) is 0 Å². The molecule has 4 heteroatoms. The Hall–Kier alpha value is -1.42. The number of ether oxygens (including phenoxy) is 2. The largest absolute Gasteiger partial charge is 0.491 e. The molecule has 3 fully saturated rings. The first-order valence-corrected chi connectivity index (χ1v) is 13.0. The third-order valence-electron chi connectivity index (χ3n) is 8.41. The van der Waals surface area contributed by atoms with Gasteiger partial charge in [-0.1, -0.05) is 18.2 Å². The van der Waals surface area contributed by atoms with Crippen LogP contribution in [0.4, 0.5) is 8.78 Å². The minimum atomic E-state index is -0.840. The maximum atomic E-state index is 14.6. The molecule has 0 amide bonds. The second kappa shape index (κ2) is 11.1. The Bertz CT molecular complexity index is 753. The van der Waals surface area contributed by atoms with Crippen molar-refractivity contribution < 1.29 is 18.3 Å². The molecule has 1 aromatic carbocycles. The van der Waals surface area contributed by atoms with E-state index in [-0.39, 0.29) is 11.7 Å². The lowest BCUT2D eigenvalue weighted by atomic mass is 9.71. The Morgan fingerprint density at radius 3 is 2.19 bits per heavy atom. The van der Waals surface area contributed by atoms with Crippen molar-refractivity contribution in [3.05, 3.63) is 41.5 Å². The van der Waals surface area contributed by atoms with Gasteiger partial charge in [-0.25, -0.2) is 4.39 Å². The molecule has 1 saturated heterocycles. The first-order valence-electron chi connectivity index (χ1n) is 13.0. The lowest BCUT2D eigenvalue weighted by Gasteiger charge is -2.41. The van der Waals surface area contributed by atoms with E-state index in [0.717, 1.165) is 50.0 Å². The zero-order chi connectivity index (χ0) is 22.5. The number of hydrogen-bond acceptors (Lipinski definition) is 2. The third-order valence-corrected chi connectivity index (χ3v) is 8.41. The third kappa shape index (κ3) is 5.38. The minimum absolute atomic E-state index is 0.0166. The topological polar surface area (TPSA) is 18.5 Å². The smallest absolute Gasteiger partial charge is 0.200 e. The molecule has 1 aliphatic heterocycles. The molecule has 2 atom stereocenters. The van der Waals surface area contributed by atoms with Crippen LogP contribution in [0.2, 0.25) is 0 Å². The van der Waals surface area contributed by atoms with E-state index in [1.165, 1.54) is 38.5 Å². The lowest BCUT2D eigenvalue weighted by Crippen LogP contribution is -2.37. The van der Waals surface area contributed by atoms with Crippen LogP contribution in [-0.4, -0.2) is 19.3 Å². The first kappa shape index (κ1) is 23.7. The molecule has 0 radical (unpaired) electrons. The predicted molar refractivity (Wildman–Crippen MR) is 125 cm³/mol. The van der Waals surface area contributed by atoms with Gasteiger partial charge in [0.05, 0.1) is 19.3 Å². The maximum Gasteiger partial charge on any atom is 0.200 e. The van der Waals surface area contributed by atoms with Crippen LogP contribution in [0, 0.1) is 35.3 Å². The highest BCUT2D eigenvalue weighted by molar-refractivity contribution is 5.33. The molecular weight excluding hydrogens is 406 g/mol. The molecule has 2 saturated carbocycles. The summed E-state index contributed by atoms with van der Waals surface area (Å²) in [7, 11) is 0. The number of halogens is 2. The Balaban J connectivity index is 1.24. The van der Waals surface area contributed by atoms with Crippen molar-refractivity contribution in [2.24, 2.45) is 23.7 Å². The van der Waals surface area contributed by atoms with Crippen molar-refractivity contribution in [1.82, 2.24) is 0 Å². The minimum Gasteiger partial charge on any atom is -0.491 e. The second-order valence-corrected chi connectivity index (χ2v) is 10.2. The van der Waals surface area contributed by atoms with E-state index in [9.17, 15) is 8.78 Å². The van der Waals surface area contributed by atoms with Crippen molar-refractivity contribution in [2.75, 3.05) is 13.2 Å². The van der Waals surface area contributed by atoms with Crippen LogP contribution in [0.15, 0.2) is 24.3 Å². The fourth-order valence-electron chi connectivity index (χ4n) is 6.55. The Morgan fingerprint density at radius 2 is 1.56 bits per heavy atom. The monoisotopic (exact) mass is 446 g/mol. The Labute approximate surface area is 192 Å². The molecule has 1 aromatic rings. The van der Waals surface area contributed by atoms with E-state index in [4.69, 9.17) is 9.47 Å². The standard InChI is InChI=1S/C28H40F2O2/c1-3-5-19-6-8-20(9-7-19)23-14-16-25(32-18-23)22-12-10-21(11-13-22)24-15-17-26(31-4-2)28(30)27(24)29/h3,5,15,17,19-23,25H,4,6-14,16,18H2,1-2H3/b5-3+. The summed E-state index contributed by atoms with van der Waals surface area (Å²) in [4.78, 5) is 0. The van der Waals surface area contributed by atoms with Crippen molar-refractivity contribution in [3.63, 3.8) is 0 Å². The molecule has 32 heavy (non-hydrogen) atoms. The first-order chi connectivity index (χ1) is 15.6. The predicted octanol–water partition coefficient (Wildman–Crippen LogP) is 7.82. The van der Waals surface area contributed by atoms with Gasteiger partial charge >= 0.3 is 0 Å². The molecule has 2 unspecified atom stereocenters. The number of hydrogen-bond donors (Lipinski definition) is 0. The van der Waals surface area contributed by atoms with Gasteiger partial charge < -0.3 is 9.47 Å². The summed E-state index contributed by atoms with van der Waals surface area (Å²) < 4.78 is 40.5. The van der Waals surface area contributed by atoms with Gasteiger partial charge in [0.15, 0.2) is 11.6 Å². The Kier molecular flexibility index (Phi) is 8.26. The molecule has 2 nitrogen and oxygen atoms in total. The highest BCUT2D eigenvalue weighted by Crippen LogP contribution is 2.44. The molecular formula is C28H40F2O2. The van der Waals surface area contributed by atoms with Crippen molar-refractivity contribution in [1.29, 1.82) is 0 Å². The zero-order valence-corrected chi connectivity index (χ0v) is 19.8. The summed E-state index contributed by atoms with van der Waals surface area (Å²) in [5.41, 5.74) is 0.516. The summed E-state index contributed by atoms with van der Waals surface area (Å²) in [6.07, 6.45) is 16.7. The summed E-state index contributed by atoms with van der Waals surface area (Å²) in [6, 6.07) is 3.31. The normalized spacial score (nSPS) is 34.0. The highest BCUT2D eigenvalue weighted by atomic mass is 19.2. The van der Waals surface area contributed by atoms with Gasteiger partial charge in [-0.2, -0.15) is 4.39 Å². The highest BCUT2D eigenvalue weighted by Gasteiger charge is 2.36. The summed E-state index contributed by atoms with van der Waals surface area (Å²) in [5, 5.41) is 0. The van der Waals surface area contributed by atoms with Gasteiger partial charge in [0.1, 0.15) is 0 Å². The molecule has 2 aliphatic carbocycles. The molecule has 178 valence electrons. The van der Waals surface area contributed by atoms with E-state index in [1.807, 2.05) is 0 Å². The van der Waals surface area contributed by atoms with Crippen molar-refractivity contribution in [3.8, 4) is 5.75 Å². The molecule has 1 heterocycles. The van der Waals surface area contributed by atoms with Gasteiger partial charge in [0.25, 0.3) is 0 Å². The van der Waals surface area contributed by atoms with E-state index < -0.39 is 11.6 Å². The van der Waals surface area contributed by atoms with Crippen LogP contribution in [0.3, 0.4) is 0 Å². The summed E-state index contributed by atoms with van der Waals surface area (Å²) >= 11 is 0. The maximum absolute atomic E-state index is 14.6. The second-order valence-electron chi connectivity index (χ2n) is 10.2. The number of benzene rings is 1. The number of allylic oxidation sites excluding steroid dienone is 2. The lowest BCUT2D eigenvalue weighted by molar-refractivity contribution is -0.0719. The molecule has 0 bridgehead atoms. The molecule has 0 aromatic heterocycles. The number of rotatable bonds is 6. The van der Waals surface area contributed by atoms with E-state index in [1.54, 1.807) is 19.1 Å². The van der Waals surface area contributed by atoms with Crippen molar-refractivity contribution >= 4 is 0 Å². The van der Waals surface area contributed by atoms with E-state index in [0.29, 0.717) is 24.2 Å². The zero-order valence-electron chi connectivity index (χ0n) is 19.8. The van der Waals surface area contributed by atoms with Gasteiger partial charge in [-0.3, -0.25) is 0 Å². The van der Waals surface area contributed by atoms with Gasteiger partial charge in [-0.05, 0) is 119 Å². The van der Waals surface area contributed by atoms with E-state index >= 15 is 0 Å².